The van der Waals surface area contributed by atoms with E-state index in [9.17, 15) is 18.0 Å². The highest BCUT2D eigenvalue weighted by Gasteiger charge is 2.22. The Hall–Kier alpha value is -2.12. The molecule has 1 aromatic carbocycles. The van der Waals surface area contributed by atoms with Crippen molar-refractivity contribution in [1.29, 1.82) is 0 Å². The molecule has 1 amide bonds. The molecule has 0 spiro atoms. The summed E-state index contributed by atoms with van der Waals surface area (Å²) < 4.78 is 26.2. The highest BCUT2D eigenvalue weighted by molar-refractivity contribution is 7.90. The maximum Gasteiger partial charge on any atom is 0.269 e. The molecule has 0 radical (unpaired) electrons. The van der Waals surface area contributed by atoms with E-state index in [0.717, 1.165) is 3.97 Å². The summed E-state index contributed by atoms with van der Waals surface area (Å²) in [5, 5.41) is 2.66. The molecular weight excluding hydrogens is 328 g/mol. The van der Waals surface area contributed by atoms with E-state index >= 15 is 0 Å². The maximum atomic E-state index is 12.7. The second-order valence-electron chi connectivity index (χ2n) is 4.61. The number of benzene rings is 1. The van der Waals surface area contributed by atoms with E-state index in [2.05, 4.69) is 5.32 Å². The van der Waals surface area contributed by atoms with E-state index < -0.39 is 15.9 Å². The number of carbonyl (C=O) groups is 2. The smallest absolute Gasteiger partial charge is 0.269 e. The van der Waals surface area contributed by atoms with Gasteiger partial charge in [-0.05, 0) is 31.2 Å². The minimum Gasteiger partial charge on any atom is -0.325 e. The third-order valence-corrected chi connectivity index (χ3v) is 4.79. The topological polar surface area (TPSA) is 85.2 Å². The second-order valence-corrected chi connectivity index (χ2v) is 6.86. The van der Waals surface area contributed by atoms with E-state index in [0.29, 0.717) is 0 Å². The van der Waals surface area contributed by atoms with Gasteiger partial charge in [0.1, 0.15) is 4.90 Å². The molecule has 22 heavy (non-hydrogen) atoms. The first kappa shape index (κ1) is 16.3. The average Bonchev–Trinajstić information content (AvgIpc) is 2.90. The minimum atomic E-state index is -3.99. The molecule has 1 heterocycles. The Morgan fingerprint density at radius 1 is 1.18 bits per heavy atom. The molecule has 116 valence electrons. The molecule has 0 bridgehead atoms. The summed E-state index contributed by atoms with van der Waals surface area (Å²) in [6, 6.07) is 5.53. The summed E-state index contributed by atoms with van der Waals surface area (Å²) in [6.07, 6.45) is 2.49. The first-order valence-corrected chi connectivity index (χ1v) is 8.05. The zero-order valence-corrected chi connectivity index (χ0v) is 13.4. The van der Waals surface area contributed by atoms with Gasteiger partial charge in [0.05, 0.1) is 5.69 Å². The van der Waals surface area contributed by atoms with Crippen LogP contribution in [0.5, 0.6) is 0 Å². The Bertz CT molecular complexity index is 855. The molecule has 1 aromatic heterocycles. The van der Waals surface area contributed by atoms with Crippen molar-refractivity contribution < 1.29 is 18.0 Å². The fourth-order valence-corrected chi connectivity index (χ4v) is 3.46. The summed E-state index contributed by atoms with van der Waals surface area (Å²) in [6.45, 7) is 2.61. The molecule has 0 saturated heterocycles. The van der Waals surface area contributed by atoms with Crippen LogP contribution in [0.25, 0.3) is 0 Å². The van der Waals surface area contributed by atoms with Crippen molar-refractivity contribution in [2.24, 2.45) is 0 Å². The highest BCUT2D eigenvalue weighted by Crippen LogP contribution is 2.27. The summed E-state index contributed by atoms with van der Waals surface area (Å²) in [7, 11) is -3.99. The summed E-state index contributed by atoms with van der Waals surface area (Å²) >= 11 is 5.86. The van der Waals surface area contributed by atoms with Crippen LogP contribution in [-0.2, 0) is 14.8 Å². The fourth-order valence-electron chi connectivity index (χ4n) is 1.85. The van der Waals surface area contributed by atoms with Crippen LogP contribution in [0.1, 0.15) is 24.2 Å². The van der Waals surface area contributed by atoms with Crippen molar-refractivity contribution >= 4 is 39.0 Å². The fraction of sp³-hybridized carbons (Fsp3) is 0.143. The Labute approximate surface area is 132 Å². The van der Waals surface area contributed by atoms with Crippen molar-refractivity contribution in [1.82, 2.24) is 3.97 Å². The Balaban J connectivity index is 2.59. The lowest BCUT2D eigenvalue weighted by Gasteiger charge is -2.12. The molecule has 2 rings (SSSR count). The molecule has 0 aliphatic heterocycles. The van der Waals surface area contributed by atoms with Crippen LogP contribution in [0.2, 0.25) is 5.02 Å². The first-order valence-electron chi connectivity index (χ1n) is 6.23. The number of aromatic nitrogens is 1. The van der Waals surface area contributed by atoms with Gasteiger partial charge in [-0.15, -0.1) is 0 Å². The number of amides is 1. The molecular formula is C14H13ClN2O4S. The average molecular weight is 341 g/mol. The van der Waals surface area contributed by atoms with Crippen molar-refractivity contribution in [3.05, 3.63) is 47.2 Å². The second kappa shape index (κ2) is 5.94. The molecule has 0 saturated carbocycles. The predicted molar refractivity (Wildman–Crippen MR) is 82.8 cm³/mol. The summed E-state index contributed by atoms with van der Waals surface area (Å²) in [5.74, 6) is -0.655. The Morgan fingerprint density at radius 2 is 1.86 bits per heavy atom. The number of nitrogens with one attached hydrogen (secondary N) is 1. The van der Waals surface area contributed by atoms with E-state index in [1.807, 2.05) is 0 Å². The Morgan fingerprint density at radius 3 is 2.41 bits per heavy atom. The van der Waals surface area contributed by atoms with Gasteiger partial charge < -0.3 is 5.32 Å². The number of Topliss-reactive ketones (excluding diaryl/α,β-unsaturated/α-hetero) is 1. The lowest BCUT2D eigenvalue weighted by atomic mass is 10.2. The monoisotopic (exact) mass is 340 g/mol. The molecule has 0 unspecified atom stereocenters. The Kier molecular flexibility index (Phi) is 4.39. The van der Waals surface area contributed by atoms with E-state index in [-0.39, 0.29) is 27.0 Å². The normalized spacial score (nSPS) is 11.2. The van der Waals surface area contributed by atoms with Gasteiger partial charge >= 0.3 is 0 Å². The lowest BCUT2D eigenvalue weighted by Crippen LogP contribution is -2.16. The third-order valence-electron chi connectivity index (χ3n) is 2.88. The molecule has 1 N–H and O–H groups in total. The standard InChI is InChI=1S/C14H13ClN2O4S/c1-9(18)11-5-6-17(8-11)22(20,21)14-7-12(15)3-4-13(14)16-10(2)19/h3-8H,1-2H3,(H,16,19). The molecule has 8 heteroatoms. The summed E-state index contributed by atoms with van der Waals surface area (Å²) in [5.41, 5.74) is 0.390. The molecule has 2 aromatic rings. The number of nitrogens with zero attached hydrogens (tertiary/aromatic N) is 1. The highest BCUT2D eigenvalue weighted by atomic mass is 35.5. The predicted octanol–water partition coefficient (Wildman–Crippen LogP) is 2.54. The van der Waals surface area contributed by atoms with Gasteiger partial charge in [-0.1, -0.05) is 11.6 Å². The van der Waals surface area contributed by atoms with Crippen LogP contribution in [0.3, 0.4) is 0 Å². The zero-order valence-electron chi connectivity index (χ0n) is 11.8. The molecule has 0 aliphatic carbocycles. The van der Waals surface area contributed by atoms with Crippen molar-refractivity contribution in [3.8, 4) is 0 Å². The van der Waals surface area contributed by atoms with Gasteiger partial charge in [0.15, 0.2) is 5.78 Å². The molecule has 6 nitrogen and oxygen atoms in total. The van der Waals surface area contributed by atoms with E-state index in [1.165, 1.54) is 50.5 Å². The van der Waals surface area contributed by atoms with Gasteiger partial charge in [0, 0.05) is 29.9 Å². The number of halogens is 1. The SMILES string of the molecule is CC(=O)Nc1ccc(Cl)cc1S(=O)(=O)n1ccc(C(C)=O)c1. The number of ketones is 1. The van der Waals surface area contributed by atoms with Crippen LogP contribution in [0.4, 0.5) is 5.69 Å². The van der Waals surface area contributed by atoms with Crippen LogP contribution in [-0.4, -0.2) is 24.1 Å². The first-order chi connectivity index (χ1) is 10.2. The number of rotatable bonds is 4. The molecule has 0 aliphatic rings. The van der Waals surface area contributed by atoms with Crippen molar-refractivity contribution in [2.45, 2.75) is 18.7 Å². The van der Waals surface area contributed by atoms with E-state index in [1.54, 1.807) is 0 Å². The van der Waals surface area contributed by atoms with Crippen molar-refractivity contribution in [2.75, 3.05) is 5.32 Å². The van der Waals surface area contributed by atoms with Gasteiger partial charge in [0.2, 0.25) is 5.91 Å². The van der Waals surface area contributed by atoms with Crippen LogP contribution in [0, 0.1) is 0 Å². The number of hydrogen-bond acceptors (Lipinski definition) is 4. The molecule has 0 fully saturated rings. The van der Waals surface area contributed by atoms with Crippen molar-refractivity contribution in [3.63, 3.8) is 0 Å². The van der Waals surface area contributed by atoms with Gasteiger partial charge in [0.25, 0.3) is 10.0 Å². The number of carbonyl (C=O) groups excluding carboxylic acids is 2. The van der Waals surface area contributed by atoms with Crippen LogP contribution in [0.15, 0.2) is 41.6 Å². The number of anilines is 1. The van der Waals surface area contributed by atoms with Gasteiger partial charge in [-0.3, -0.25) is 9.59 Å². The molecule has 0 atom stereocenters. The van der Waals surface area contributed by atoms with Gasteiger partial charge in [-0.2, -0.15) is 0 Å². The van der Waals surface area contributed by atoms with Gasteiger partial charge in [-0.25, -0.2) is 12.4 Å². The van der Waals surface area contributed by atoms with Crippen LogP contribution >= 0.6 is 11.6 Å². The minimum absolute atomic E-state index is 0.120. The quantitative estimate of drug-likeness (QED) is 0.867. The maximum absolute atomic E-state index is 12.7. The third kappa shape index (κ3) is 3.20. The number of hydrogen-bond donors (Lipinski definition) is 1. The van der Waals surface area contributed by atoms with E-state index in [4.69, 9.17) is 11.6 Å². The zero-order chi connectivity index (χ0) is 16.5. The van der Waals surface area contributed by atoms with Crippen LogP contribution < -0.4 is 5.32 Å². The summed E-state index contributed by atoms with van der Waals surface area (Å²) in [4.78, 5) is 22.4. The largest absolute Gasteiger partial charge is 0.325 e. The lowest BCUT2D eigenvalue weighted by molar-refractivity contribution is -0.114.